The number of hydrogen-bond acceptors (Lipinski definition) is 4. The van der Waals surface area contributed by atoms with Gasteiger partial charge in [-0.3, -0.25) is 4.79 Å². The van der Waals surface area contributed by atoms with Crippen molar-refractivity contribution in [1.82, 2.24) is 0 Å². The molecule has 0 spiro atoms. The molecule has 0 aromatic heterocycles. The Balaban J connectivity index is 2.10. The summed E-state index contributed by atoms with van der Waals surface area (Å²) >= 11 is 0. The summed E-state index contributed by atoms with van der Waals surface area (Å²) in [5, 5.41) is 8.85. The van der Waals surface area contributed by atoms with E-state index in [0.29, 0.717) is 5.57 Å². The number of halogens is 3. The molecule has 0 heterocycles. The van der Waals surface area contributed by atoms with Crippen LogP contribution in [0.25, 0.3) is 0 Å². The van der Waals surface area contributed by atoms with E-state index in [1.165, 1.54) is 7.11 Å². The van der Waals surface area contributed by atoms with Crippen LogP contribution in [-0.2, 0) is 27.5 Å². The third kappa shape index (κ3) is 3.75. The van der Waals surface area contributed by atoms with Gasteiger partial charge in [-0.05, 0) is 24.3 Å². The van der Waals surface area contributed by atoms with Crippen molar-refractivity contribution in [2.45, 2.75) is 34.0 Å². The van der Waals surface area contributed by atoms with Crippen LogP contribution in [0.15, 0.2) is 17.7 Å². The van der Waals surface area contributed by atoms with Gasteiger partial charge in [-0.25, -0.2) is 13.2 Å². The van der Waals surface area contributed by atoms with Gasteiger partial charge in [0.15, 0.2) is 11.6 Å². The van der Waals surface area contributed by atoms with Crippen LogP contribution < -0.4 is 0 Å². The van der Waals surface area contributed by atoms with Crippen LogP contribution >= 0.6 is 0 Å². The third-order valence-electron chi connectivity index (χ3n) is 4.76. The minimum atomic E-state index is -1.35. The van der Waals surface area contributed by atoms with Crippen molar-refractivity contribution in [3.8, 4) is 6.07 Å². The van der Waals surface area contributed by atoms with Crippen LogP contribution in [0, 0.1) is 46.0 Å². The largest absolute Gasteiger partial charge is 0.460 e. The summed E-state index contributed by atoms with van der Waals surface area (Å²) in [6.07, 6.45) is 1.70. The van der Waals surface area contributed by atoms with E-state index in [1.54, 1.807) is 13.0 Å². The van der Waals surface area contributed by atoms with Gasteiger partial charge in [0.1, 0.15) is 12.4 Å². The van der Waals surface area contributed by atoms with Crippen molar-refractivity contribution >= 4 is 5.97 Å². The second-order valence-corrected chi connectivity index (χ2v) is 6.95. The smallest absolute Gasteiger partial charge is 0.310 e. The number of benzene rings is 1. The Morgan fingerprint density at radius 3 is 2.54 bits per heavy atom. The molecule has 0 radical (unpaired) electrons. The molecule has 26 heavy (non-hydrogen) atoms. The molecular formula is C19H20F3NO3. The minimum absolute atomic E-state index is 0.169. The number of ether oxygens (including phenoxy) is 2. The van der Waals surface area contributed by atoms with E-state index in [0.717, 1.165) is 6.07 Å². The van der Waals surface area contributed by atoms with Gasteiger partial charge in [0.05, 0.1) is 24.2 Å². The topological polar surface area (TPSA) is 59.3 Å². The highest BCUT2D eigenvalue weighted by molar-refractivity contribution is 5.78. The van der Waals surface area contributed by atoms with Gasteiger partial charge >= 0.3 is 5.97 Å². The number of carbonyl (C=O) groups is 1. The predicted molar refractivity (Wildman–Crippen MR) is 87.0 cm³/mol. The molecule has 1 aromatic carbocycles. The van der Waals surface area contributed by atoms with E-state index in [9.17, 15) is 18.0 Å². The number of hydrogen-bond donors (Lipinski definition) is 0. The van der Waals surface area contributed by atoms with Crippen molar-refractivity contribution in [2.24, 2.45) is 17.3 Å². The normalized spacial score (nSPS) is 21.2. The van der Waals surface area contributed by atoms with Gasteiger partial charge in [0.25, 0.3) is 0 Å². The fourth-order valence-electron chi connectivity index (χ4n) is 3.05. The fourth-order valence-corrected chi connectivity index (χ4v) is 3.05. The molecular weight excluding hydrogens is 347 g/mol. The Kier molecular flexibility index (Phi) is 5.77. The SMILES string of the molecule is COCc1c(F)cc(COC(=O)C2C(/C=C(/C)C#N)C2(C)C)c(F)c1F. The van der Waals surface area contributed by atoms with Crippen molar-refractivity contribution in [3.63, 3.8) is 0 Å². The van der Waals surface area contributed by atoms with Crippen LogP contribution in [0.2, 0.25) is 0 Å². The molecule has 1 saturated carbocycles. The lowest BCUT2D eigenvalue weighted by molar-refractivity contribution is -0.147. The predicted octanol–water partition coefficient (Wildman–Crippen LogP) is 4.04. The molecule has 0 aliphatic heterocycles. The maximum Gasteiger partial charge on any atom is 0.310 e. The lowest BCUT2D eigenvalue weighted by atomic mass is 10.1. The monoisotopic (exact) mass is 367 g/mol. The summed E-state index contributed by atoms with van der Waals surface area (Å²) in [7, 11) is 1.24. The van der Waals surface area contributed by atoms with Gasteiger partial charge in [0, 0.05) is 18.2 Å². The summed E-state index contributed by atoms with van der Waals surface area (Å²) in [5.41, 5.74) is -0.804. The molecule has 0 N–H and O–H groups in total. The lowest BCUT2D eigenvalue weighted by Gasteiger charge is -2.10. The molecule has 7 heteroatoms. The number of methoxy groups -OCH3 is 1. The van der Waals surface area contributed by atoms with Crippen molar-refractivity contribution in [1.29, 1.82) is 5.26 Å². The number of carbonyl (C=O) groups excluding carboxylic acids is 1. The molecule has 0 amide bonds. The number of allylic oxidation sites excluding steroid dienone is 2. The van der Waals surface area contributed by atoms with Gasteiger partial charge in [-0.15, -0.1) is 0 Å². The first kappa shape index (κ1) is 20.0. The average Bonchev–Trinajstić information content (AvgIpc) is 3.13. The third-order valence-corrected chi connectivity index (χ3v) is 4.76. The summed E-state index contributed by atoms with van der Waals surface area (Å²) in [5.74, 6) is -4.83. The first-order chi connectivity index (χ1) is 12.1. The Bertz CT molecular complexity index is 796. The van der Waals surface area contributed by atoms with Crippen molar-refractivity contribution < 1.29 is 27.4 Å². The summed E-state index contributed by atoms with van der Waals surface area (Å²) < 4.78 is 51.5. The Labute approximate surface area is 150 Å². The summed E-state index contributed by atoms with van der Waals surface area (Å²) in [6.45, 7) is 4.36. The average molecular weight is 367 g/mol. The first-order valence-electron chi connectivity index (χ1n) is 8.04. The quantitative estimate of drug-likeness (QED) is 0.433. The fraction of sp³-hybridized carbons (Fsp3) is 0.474. The molecule has 2 rings (SSSR count). The summed E-state index contributed by atoms with van der Waals surface area (Å²) in [4.78, 5) is 12.3. The van der Waals surface area contributed by atoms with Crippen LogP contribution in [0.3, 0.4) is 0 Å². The zero-order chi connectivity index (χ0) is 19.6. The maximum absolute atomic E-state index is 14.0. The molecule has 2 unspecified atom stereocenters. The number of nitriles is 1. The van der Waals surface area contributed by atoms with Crippen LogP contribution in [0.1, 0.15) is 31.9 Å². The van der Waals surface area contributed by atoms with E-state index in [4.69, 9.17) is 10.00 Å². The van der Waals surface area contributed by atoms with E-state index < -0.39 is 53.5 Å². The van der Waals surface area contributed by atoms with Gasteiger partial charge in [0.2, 0.25) is 0 Å². The molecule has 0 bridgehead atoms. The van der Waals surface area contributed by atoms with Gasteiger partial charge in [-0.2, -0.15) is 5.26 Å². The van der Waals surface area contributed by atoms with E-state index in [-0.39, 0.29) is 11.5 Å². The number of esters is 1. The molecule has 1 aliphatic carbocycles. The number of rotatable bonds is 6. The molecule has 140 valence electrons. The molecule has 1 aliphatic rings. The van der Waals surface area contributed by atoms with E-state index in [1.807, 2.05) is 19.9 Å². The van der Waals surface area contributed by atoms with Crippen LogP contribution in [0.4, 0.5) is 13.2 Å². The second kappa shape index (κ2) is 7.50. The standard InChI is InChI=1S/C19H20F3NO3/c1-10(7-23)5-13-15(19(13,2)3)18(24)26-8-11-6-14(20)12(9-25-4)17(22)16(11)21/h5-6,13,15H,8-9H2,1-4H3/b10-5-. The van der Waals surface area contributed by atoms with Gasteiger partial charge in [-0.1, -0.05) is 19.9 Å². The highest BCUT2D eigenvalue weighted by atomic mass is 19.2. The van der Waals surface area contributed by atoms with Crippen LogP contribution in [-0.4, -0.2) is 13.1 Å². The van der Waals surface area contributed by atoms with E-state index >= 15 is 0 Å². The zero-order valence-corrected chi connectivity index (χ0v) is 15.0. The number of nitrogens with zero attached hydrogens (tertiary/aromatic N) is 1. The molecule has 4 nitrogen and oxygen atoms in total. The first-order valence-corrected chi connectivity index (χ1v) is 8.04. The Morgan fingerprint density at radius 2 is 1.96 bits per heavy atom. The van der Waals surface area contributed by atoms with Crippen molar-refractivity contribution in [2.75, 3.05) is 7.11 Å². The minimum Gasteiger partial charge on any atom is -0.460 e. The molecule has 0 saturated heterocycles. The van der Waals surface area contributed by atoms with E-state index in [2.05, 4.69) is 4.74 Å². The maximum atomic E-state index is 14.0. The van der Waals surface area contributed by atoms with Crippen LogP contribution in [0.5, 0.6) is 0 Å². The van der Waals surface area contributed by atoms with Crippen molar-refractivity contribution in [3.05, 3.63) is 46.3 Å². The molecule has 1 fully saturated rings. The second-order valence-electron chi connectivity index (χ2n) is 6.95. The molecule has 2 atom stereocenters. The Hall–Kier alpha value is -2.33. The summed E-state index contributed by atoms with van der Waals surface area (Å²) in [6, 6.07) is 2.79. The van der Waals surface area contributed by atoms with Gasteiger partial charge < -0.3 is 9.47 Å². The Morgan fingerprint density at radius 1 is 1.31 bits per heavy atom. The molecule has 1 aromatic rings. The lowest BCUT2D eigenvalue weighted by Crippen LogP contribution is -2.13. The highest BCUT2D eigenvalue weighted by Gasteiger charge is 2.61. The zero-order valence-electron chi connectivity index (χ0n) is 15.0. The highest BCUT2D eigenvalue weighted by Crippen LogP contribution is 2.59.